The predicted octanol–water partition coefficient (Wildman–Crippen LogP) is 5.52. The monoisotopic (exact) mass is 424 g/mol. The van der Waals surface area contributed by atoms with Crippen molar-refractivity contribution in [3.8, 4) is 11.4 Å². The van der Waals surface area contributed by atoms with Crippen LogP contribution in [0.25, 0.3) is 11.4 Å². The minimum Gasteiger partial charge on any atom is -0.324 e. The normalized spacial score (nSPS) is 11.2. The van der Waals surface area contributed by atoms with E-state index in [4.69, 9.17) is 0 Å². The summed E-state index contributed by atoms with van der Waals surface area (Å²) in [6.45, 7) is 8.50. The Balaban J connectivity index is 1.55. The van der Waals surface area contributed by atoms with Crippen LogP contribution in [0.3, 0.4) is 0 Å². The quantitative estimate of drug-likeness (QED) is 0.322. The fraction of sp³-hybridized carbons (Fsp3) is 0.185. The lowest BCUT2D eigenvalue weighted by Crippen LogP contribution is -2.17. The van der Waals surface area contributed by atoms with Crippen LogP contribution in [0.15, 0.2) is 78.2 Å². The van der Waals surface area contributed by atoms with E-state index in [-0.39, 0.29) is 5.91 Å². The average molecular weight is 425 g/mol. The van der Waals surface area contributed by atoms with Crippen LogP contribution in [0.1, 0.15) is 45.4 Å². The molecule has 0 aliphatic rings. The van der Waals surface area contributed by atoms with Crippen molar-refractivity contribution in [1.82, 2.24) is 14.6 Å². The van der Waals surface area contributed by atoms with Crippen molar-refractivity contribution < 1.29 is 4.79 Å². The Morgan fingerprint density at radius 1 is 1.00 bits per heavy atom. The zero-order valence-electron chi connectivity index (χ0n) is 19.0. The number of carbonyl (C=O) groups is 1. The molecule has 5 heteroatoms. The summed E-state index contributed by atoms with van der Waals surface area (Å²) in [6.07, 6.45) is 6.58. The summed E-state index contributed by atoms with van der Waals surface area (Å²) in [5.74, 6) is -0.240. The third-order valence-electron chi connectivity index (χ3n) is 5.78. The first kappa shape index (κ1) is 21.4. The maximum atomic E-state index is 12.6. The first-order chi connectivity index (χ1) is 15.5. The number of nitrogens with one attached hydrogen (secondary N) is 1. The van der Waals surface area contributed by atoms with Gasteiger partial charge in [0.05, 0.1) is 11.9 Å². The van der Waals surface area contributed by atoms with Crippen LogP contribution in [-0.2, 0) is 6.42 Å². The second-order valence-corrected chi connectivity index (χ2v) is 7.94. The molecule has 0 aliphatic heterocycles. The second kappa shape index (κ2) is 9.10. The Morgan fingerprint density at radius 3 is 2.50 bits per heavy atom. The van der Waals surface area contributed by atoms with Gasteiger partial charge >= 0.3 is 0 Å². The standard InChI is InChI=1S/C27H28N4O/c1-5-22-11-8-10-19(2)26(22)31-20(3)16-24(21(31)4)18-28-29-27(32)23-12-9-13-25(17-23)30-14-6-7-15-30/h6-18H,5H2,1-4H3,(H,29,32)/b28-18+. The second-order valence-electron chi connectivity index (χ2n) is 7.94. The van der Waals surface area contributed by atoms with Gasteiger partial charge in [-0.3, -0.25) is 4.79 Å². The summed E-state index contributed by atoms with van der Waals surface area (Å²) in [7, 11) is 0. The molecule has 0 unspecified atom stereocenters. The Kier molecular flexibility index (Phi) is 6.08. The molecule has 162 valence electrons. The van der Waals surface area contributed by atoms with E-state index < -0.39 is 0 Å². The number of rotatable bonds is 6. The molecule has 1 amide bonds. The summed E-state index contributed by atoms with van der Waals surface area (Å²) < 4.78 is 4.24. The lowest BCUT2D eigenvalue weighted by Gasteiger charge is -2.17. The highest BCUT2D eigenvalue weighted by Crippen LogP contribution is 2.26. The van der Waals surface area contributed by atoms with E-state index in [2.05, 4.69) is 67.1 Å². The van der Waals surface area contributed by atoms with Crippen molar-refractivity contribution in [2.75, 3.05) is 0 Å². The van der Waals surface area contributed by atoms with Crippen molar-refractivity contribution in [2.45, 2.75) is 34.1 Å². The molecule has 0 bridgehead atoms. The largest absolute Gasteiger partial charge is 0.324 e. The van der Waals surface area contributed by atoms with Gasteiger partial charge in [0.2, 0.25) is 0 Å². The van der Waals surface area contributed by atoms with Crippen molar-refractivity contribution in [3.63, 3.8) is 0 Å². The molecule has 0 atom stereocenters. The number of amides is 1. The van der Waals surface area contributed by atoms with Crippen LogP contribution in [0.5, 0.6) is 0 Å². The minimum atomic E-state index is -0.240. The number of hydrogen-bond acceptors (Lipinski definition) is 2. The van der Waals surface area contributed by atoms with Crippen molar-refractivity contribution in [1.29, 1.82) is 0 Å². The smallest absolute Gasteiger partial charge is 0.271 e. The summed E-state index contributed by atoms with van der Waals surface area (Å²) >= 11 is 0. The highest BCUT2D eigenvalue weighted by atomic mass is 16.2. The molecule has 2 aromatic carbocycles. The molecule has 2 aromatic heterocycles. The van der Waals surface area contributed by atoms with E-state index in [1.54, 1.807) is 12.3 Å². The maximum Gasteiger partial charge on any atom is 0.271 e. The lowest BCUT2D eigenvalue weighted by atomic mass is 10.1. The molecule has 0 spiro atoms. The van der Waals surface area contributed by atoms with Gasteiger partial charge in [-0.25, -0.2) is 5.43 Å². The minimum absolute atomic E-state index is 0.240. The van der Waals surface area contributed by atoms with Gasteiger partial charge in [-0.05, 0) is 74.7 Å². The Bertz CT molecular complexity index is 1280. The Hall–Kier alpha value is -3.86. The van der Waals surface area contributed by atoms with E-state index >= 15 is 0 Å². The molecule has 0 radical (unpaired) electrons. The van der Waals surface area contributed by atoms with Crippen LogP contribution in [0.4, 0.5) is 0 Å². The number of hydrazone groups is 1. The fourth-order valence-electron chi connectivity index (χ4n) is 4.13. The zero-order valence-corrected chi connectivity index (χ0v) is 19.0. The van der Waals surface area contributed by atoms with Gasteiger partial charge in [-0.2, -0.15) is 5.10 Å². The average Bonchev–Trinajstić information content (AvgIpc) is 3.43. The maximum absolute atomic E-state index is 12.6. The molecule has 4 aromatic rings. The molecule has 0 saturated carbocycles. The predicted molar refractivity (Wildman–Crippen MR) is 130 cm³/mol. The summed E-state index contributed by atoms with van der Waals surface area (Å²) in [5.41, 5.74) is 11.2. The van der Waals surface area contributed by atoms with Crippen molar-refractivity contribution in [3.05, 3.63) is 107 Å². The van der Waals surface area contributed by atoms with E-state index in [0.717, 1.165) is 29.1 Å². The molecule has 1 N–H and O–H groups in total. The van der Waals surface area contributed by atoms with Gasteiger partial charge < -0.3 is 9.13 Å². The third-order valence-corrected chi connectivity index (χ3v) is 5.78. The van der Waals surface area contributed by atoms with Crippen LogP contribution in [0, 0.1) is 20.8 Å². The van der Waals surface area contributed by atoms with Crippen LogP contribution in [0.2, 0.25) is 0 Å². The Morgan fingerprint density at radius 2 is 1.75 bits per heavy atom. The topological polar surface area (TPSA) is 51.3 Å². The van der Waals surface area contributed by atoms with Gasteiger partial charge in [0.15, 0.2) is 0 Å². The summed E-state index contributed by atoms with van der Waals surface area (Å²) in [5, 5.41) is 4.24. The molecular formula is C27H28N4O. The van der Waals surface area contributed by atoms with Gasteiger partial charge in [-0.1, -0.05) is 31.2 Å². The van der Waals surface area contributed by atoms with Gasteiger partial charge in [0.25, 0.3) is 5.91 Å². The fourth-order valence-corrected chi connectivity index (χ4v) is 4.13. The molecule has 4 rings (SSSR count). The van der Waals surface area contributed by atoms with E-state index in [1.807, 2.05) is 47.3 Å². The number of nitrogens with zero attached hydrogens (tertiary/aromatic N) is 3. The van der Waals surface area contributed by atoms with E-state index in [1.165, 1.54) is 16.8 Å². The van der Waals surface area contributed by atoms with Gasteiger partial charge in [-0.15, -0.1) is 0 Å². The van der Waals surface area contributed by atoms with E-state index in [0.29, 0.717) is 5.56 Å². The summed E-state index contributed by atoms with van der Waals surface area (Å²) in [4.78, 5) is 12.6. The highest BCUT2D eigenvalue weighted by Gasteiger charge is 2.14. The number of aromatic nitrogens is 2. The number of aryl methyl sites for hydroxylation is 3. The van der Waals surface area contributed by atoms with Crippen LogP contribution >= 0.6 is 0 Å². The zero-order chi connectivity index (χ0) is 22.7. The molecular weight excluding hydrogens is 396 g/mol. The lowest BCUT2D eigenvalue weighted by molar-refractivity contribution is 0.0955. The molecule has 2 heterocycles. The third kappa shape index (κ3) is 4.14. The number of hydrogen-bond donors (Lipinski definition) is 1. The number of benzene rings is 2. The SMILES string of the molecule is CCc1cccc(C)c1-n1c(C)cc(/C=N/NC(=O)c2cccc(-n3cccc3)c2)c1C. The van der Waals surface area contributed by atoms with Gasteiger partial charge in [0, 0.05) is 40.6 Å². The van der Waals surface area contributed by atoms with Crippen molar-refractivity contribution >= 4 is 12.1 Å². The number of carbonyl (C=O) groups excluding carboxylic acids is 1. The molecule has 5 nitrogen and oxygen atoms in total. The first-order valence-electron chi connectivity index (χ1n) is 10.8. The molecule has 0 fully saturated rings. The van der Waals surface area contributed by atoms with E-state index in [9.17, 15) is 4.79 Å². The molecule has 0 aliphatic carbocycles. The Labute approximate surface area is 189 Å². The van der Waals surface area contributed by atoms with Crippen LogP contribution < -0.4 is 5.43 Å². The number of para-hydroxylation sites is 1. The summed E-state index contributed by atoms with van der Waals surface area (Å²) in [6, 6.07) is 19.9. The van der Waals surface area contributed by atoms with Crippen molar-refractivity contribution in [2.24, 2.45) is 5.10 Å². The highest BCUT2D eigenvalue weighted by molar-refractivity contribution is 5.95. The first-order valence-corrected chi connectivity index (χ1v) is 10.8. The molecule has 0 saturated heterocycles. The van der Waals surface area contributed by atoms with Crippen LogP contribution in [-0.4, -0.2) is 21.3 Å². The molecule has 32 heavy (non-hydrogen) atoms. The van der Waals surface area contributed by atoms with Gasteiger partial charge in [0.1, 0.15) is 0 Å².